The number of hydrogen-bond donors (Lipinski definition) is 1. The Bertz CT molecular complexity index is 432. The Morgan fingerprint density at radius 2 is 2.24 bits per heavy atom. The molecular weight excluding hydrogens is 212 g/mol. The molecule has 0 aliphatic carbocycles. The van der Waals surface area contributed by atoms with Crippen molar-refractivity contribution < 1.29 is 4.74 Å². The number of hydrogen-bond acceptors (Lipinski definition) is 3. The predicted octanol–water partition coefficient (Wildman–Crippen LogP) is 1.98. The molecule has 1 saturated heterocycles. The molecule has 0 amide bonds. The summed E-state index contributed by atoms with van der Waals surface area (Å²) in [6.07, 6.45) is 1.23. The van der Waals surface area contributed by atoms with E-state index in [1.54, 1.807) is 7.11 Å². The summed E-state index contributed by atoms with van der Waals surface area (Å²) in [5.74, 6) is 1.63. The normalized spacial score (nSPS) is 31.0. The molecule has 17 heavy (non-hydrogen) atoms. The molecule has 0 aromatic heterocycles. The largest absolute Gasteiger partial charge is 0.497 e. The van der Waals surface area contributed by atoms with Crippen molar-refractivity contribution in [3.05, 3.63) is 23.8 Å². The molecule has 0 spiro atoms. The molecule has 92 valence electrons. The topological polar surface area (TPSA) is 24.5 Å². The number of anilines is 1. The van der Waals surface area contributed by atoms with Crippen LogP contribution in [0, 0.1) is 0 Å². The molecule has 1 N–H and O–H groups in total. The lowest BCUT2D eigenvalue weighted by atomic mass is 9.85. The summed E-state index contributed by atoms with van der Waals surface area (Å²) in [7, 11) is 3.93. The van der Waals surface area contributed by atoms with E-state index < -0.39 is 0 Å². The number of nitrogens with one attached hydrogen (secondary N) is 1. The quantitative estimate of drug-likeness (QED) is 0.801. The molecule has 0 unspecified atom stereocenters. The maximum atomic E-state index is 5.33. The Balaban J connectivity index is 2.04. The lowest BCUT2D eigenvalue weighted by Gasteiger charge is -2.37. The van der Waals surface area contributed by atoms with Crippen molar-refractivity contribution >= 4 is 5.69 Å². The maximum Gasteiger partial charge on any atom is 0.120 e. The fraction of sp³-hybridized carbons (Fsp3) is 0.571. The lowest BCUT2D eigenvalue weighted by molar-refractivity contribution is 0.337. The molecule has 3 atom stereocenters. The van der Waals surface area contributed by atoms with Crippen LogP contribution in [0.15, 0.2) is 18.2 Å². The second kappa shape index (κ2) is 3.91. The van der Waals surface area contributed by atoms with Gasteiger partial charge in [-0.2, -0.15) is 0 Å². The zero-order chi connectivity index (χ0) is 12.0. The highest BCUT2D eigenvalue weighted by atomic mass is 16.5. The fourth-order valence-electron chi connectivity index (χ4n) is 3.48. The maximum absolute atomic E-state index is 5.33. The van der Waals surface area contributed by atoms with Crippen LogP contribution < -0.4 is 15.0 Å². The third-order valence-corrected chi connectivity index (χ3v) is 4.31. The van der Waals surface area contributed by atoms with Gasteiger partial charge in [0.05, 0.1) is 13.2 Å². The summed E-state index contributed by atoms with van der Waals surface area (Å²) < 4.78 is 5.33. The van der Waals surface area contributed by atoms with Gasteiger partial charge in [0.15, 0.2) is 0 Å². The van der Waals surface area contributed by atoms with Gasteiger partial charge in [0.1, 0.15) is 5.75 Å². The van der Waals surface area contributed by atoms with Crippen LogP contribution in [0.25, 0.3) is 0 Å². The molecule has 1 aromatic rings. The molecule has 2 aliphatic heterocycles. The summed E-state index contributed by atoms with van der Waals surface area (Å²) >= 11 is 0. The first-order valence-electron chi connectivity index (χ1n) is 6.36. The van der Waals surface area contributed by atoms with Gasteiger partial charge in [-0.15, -0.1) is 0 Å². The van der Waals surface area contributed by atoms with E-state index in [0.717, 1.165) is 12.3 Å². The summed E-state index contributed by atoms with van der Waals surface area (Å²) in [5.41, 5.74) is 2.83. The van der Waals surface area contributed by atoms with Gasteiger partial charge in [-0.25, -0.2) is 0 Å². The number of piperidine rings is 1. The summed E-state index contributed by atoms with van der Waals surface area (Å²) in [5, 5.41) is 3.57. The Morgan fingerprint density at radius 3 is 3.00 bits per heavy atom. The number of methoxy groups -OCH3 is 1. The van der Waals surface area contributed by atoms with Crippen molar-refractivity contribution in [1.29, 1.82) is 0 Å². The van der Waals surface area contributed by atoms with Crippen molar-refractivity contribution in [3.63, 3.8) is 0 Å². The predicted molar refractivity (Wildman–Crippen MR) is 70.0 cm³/mol. The van der Waals surface area contributed by atoms with Gasteiger partial charge in [0.25, 0.3) is 0 Å². The number of likely N-dealkylation sites (N-methyl/N-ethyl adjacent to an activating group) is 1. The first-order valence-corrected chi connectivity index (χ1v) is 6.36. The molecule has 3 heteroatoms. The van der Waals surface area contributed by atoms with Crippen molar-refractivity contribution in [2.45, 2.75) is 31.3 Å². The third-order valence-electron chi connectivity index (χ3n) is 4.31. The van der Waals surface area contributed by atoms with E-state index >= 15 is 0 Å². The lowest BCUT2D eigenvalue weighted by Crippen LogP contribution is -2.51. The Morgan fingerprint density at radius 1 is 1.41 bits per heavy atom. The molecular formula is C14H20N2O. The summed E-state index contributed by atoms with van der Waals surface area (Å²) in [4.78, 5) is 2.42. The van der Waals surface area contributed by atoms with Crippen LogP contribution in [0.5, 0.6) is 5.75 Å². The average Bonchev–Trinajstić information content (AvgIpc) is 2.64. The zero-order valence-electron chi connectivity index (χ0n) is 10.7. The highest BCUT2D eigenvalue weighted by Crippen LogP contribution is 2.45. The van der Waals surface area contributed by atoms with Crippen molar-refractivity contribution in [1.82, 2.24) is 5.32 Å². The van der Waals surface area contributed by atoms with Crippen LogP contribution in [-0.4, -0.2) is 32.8 Å². The van der Waals surface area contributed by atoms with Crippen LogP contribution in [0.4, 0.5) is 5.69 Å². The molecule has 3 nitrogen and oxygen atoms in total. The second-order valence-electron chi connectivity index (χ2n) is 5.16. The molecule has 1 aromatic carbocycles. The number of fused-ring (bicyclic) bond motifs is 3. The van der Waals surface area contributed by atoms with E-state index in [2.05, 4.69) is 42.4 Å². The first kappa shape index (κ1) is 10.9. The van der Waals surface area contributed by atoms with Crippen LogP contribution >= 0.6 is 0 Å². The summed E-state index contributed by atoms with van der Waals surface area (Å²) in [6, 6.07) is 7.64. The van der Waals surface area contributed by atoms with Crippen LogP contribution in [0.3, 0.4) is 0 Å². The smallest absolute Gasteiger partial charge is 0.120 e. The Labute approximate surface area is 103 Å². The van der Waals surface area contributed by atoms with E-state index in [1.807, 2.05) is 0 Å². The van der Waals surface area contributed by atoms with E-state index in [9.17, 15) is 0 Å². The van der Waals surface area contributed by atoms with Gasteiger partial charge in [-0.3, -0.25) is 0 Å². The van der Waals surface area contributed by atoms with Crippen LogP contribution in [-0.2, 0) is 0 Å². The molecule has 3 rings (SSSR count). The van der Waals surface area contributed by atoms with Crippen molar-refractivity contribution in [2.75, 3.05) is 25.6 Å². The SMILES string of the molecule is COc1ccc2c(c1)N(C)[C@@H]1[C@H](C)NCC[C@H]21. The van der Waals surface area contributed by atoms with Gasteiger partial charge in [0, 0.05) is 30.8 Å². The van der Waals surface area contributed by atoms with Crippen molar-refractivity contribution in [2.24, 2.45) is 0 Å². The number of rotatable bonds is 1. The number of ether oxygens (including phenoxy) is 1. The second-order valence-corrected chi connectivity index (χ2v) is 5.16. The Kier molecular flexibility index (Phi) is 2.51. The van der Waals surface area contributed by atoms with Gasteiger partial charge < -0.3 is 15.0 Å². The van der Waals surface area contributed by atoms with Gasteiger partial charge in [-0.05, 0) is 31.5 Å². The zero-order valence-corrected chi connectivity index (χ0v) is 10.7. The molecule has 0 saturated carbocycles. The van der Waals surface area contributed by atoms with Gasteiger partial charge in [0.2, 0.25) is 0 Å². The van der Waals surface area contributed by atoms with Gasteiger partial charge in [-0.1, -0.05) is 6.07 Å². The summed E-state index contributed by atoms with van der Waals surface area (Å²) in [6.45, 7) is 3.41. The highest BCUT2D eigenvalue weighted by Gasteiger charge is 2.41. The molecule has 0 bridgehead atoms. The minimum absolute atomic E-state index is 0.553. The Hall–Kier alpha value is -1.22. The third kappa shape index (κ3) is 1.53. The van der Waals surface area contributed by atoms with Gasteiger partial charge >= 0.3 is 0 Å². The van der Waals surface area contributed by atoms with E-state index in [4.69, 9.17) is 4.74 Å². The minimum Gasteiger partial charge on any atom is -0.497 e. The van der Waals surface area contributed by atoms with E-state index in [-0.39, 0.29) is 0 Å². The standard InChI is InChI=1S/C14H20N2O/c1-9-14-12(6-7-15-9)11-5-4-10(17-3)8-13(11)16(14)2/h4-5,8-9,12,14-15H,6-7H2,1-3H3/t9-,12+,14+/m0/s1. The average molecular weight is 232 g/mol. The minimum atomic E-state index is 0.553. The van der Waals surface area contributed by atoms with E-state index in [1.165, 1.54) is 17.7 Å². The van der Waals surface area contributed by atoms with Crippen molar-refractivity contribution in [3.8, 4) is 5.75 Å². The highest BCUT2D eigenvalue weighted by molar-refractivity contribution is 5.64. The van der Waals surface area contributed by atoms with Crippen LogP contribution in [0.1, 0.15) is 24.8 Å². The number of benzene rings is 1. The van der Waals surface area contributed by atoms with E-state index in [0.29, 0.717) is 18.0 Å². The first-order chi connectivity index (χ1) is 8.22. The fourth-order valence-corrected chi connectivity index (χ4v) is 3.48. The monoisotopic (exact) mass is 232 g/mol. The van der Waals surface area contributed by atoms with Crippen LogP contribution in [0.2, 0.25) is 0 Å². The molecule has 2 aliphatic rings. The molecule has 1 fully saturated rings. The molecule has 2 heterocycles. The number of nitrogens with zero attached hydrogens (tertiary/aromatic N) is 1. The molecule has 0 radical (unpaired) electrons.